The van der Waals surface area contributed by atoms with Gasteiger partial charge in [0.05, 0.1) is 6.04 Å². The van der Waals surface area contributed by atoms with E-state index in [0.717, 1.165) is 11.8 Å². The molecule has 5 heteroatoms. The van der Waals surface area contributed by atoms with E-state index in [1.807, 2.05) is 5.48 Å². The van der Waals surface area contributed by atoms with Crippen LogP contribution in [-0.4, -0.2) is 35.7 Å². The standard InChI is InChI=1S/C11H16N2O3/c14-8-10(12-5-6-13-16)7-9-1-3-11(15)4-2-9/h1-4,8,10,12-13,15-16H,5-7H2. The Labute approximate surface area is 94.1 Å². The summed E-state index contributed by atoms with van der Waals surface area (Å²) in [5.41, 5.74) is 2.98. The van der Waals surface area contributed by atoms with Crippen LogP contribution in [0.4, 0.5) is 0 Å². The minimum Gasteiger partial charge on any atom is -0.508 e. The second-order valence-electron chi connectivity index (χ2n) is 3.48. The lowest BCUT2D eigenvalue weighted by Crippen LogP contribution is -2.36. The molecule has 0 amide bonds. The summed E-state index contributed by atoms with van der Waals surface area (Å²) in [4.78, 5) is 10.8. The maximum atomic E-state index is 10.8. The fourth-order valence-corrected chi connectivity index (χ4v) is 1.37. The first-order valence-electron chi connectivity index (χ1n) is 5.10. The molecule has 1 rings (SSSR count). The Hall–Kier alpha value is -1.43. The molecule has 88 valence electrons. The average Bonchev–Trinajstić information content (AvgIpc) is 2.31. The lowest BCUT2D eigenvalue weighted by Gasteiger charge is -2.12. The van der Waals surface area contributed by atoms with E-state index in [2.05, 4.69) is 5.32 Å². The molecule has 0 heterocycles. The van der Waals surface area contributed by atoms with Crippen molar-refractivity contribution in [2.75, 3.05) is 13.1 Å². The molecule has 1 aromatic carbocycles. The van der Waals surface area contributed by atoms with Crippen molar-refractivity contribution in [1.82, 2.24) is 10.8 Å². The van der Waals surface area contributed by atoms with Crippen LogP contribution in [0.1, 0.15) is 5.56 Å². The molecular weight excluding hydrogens is 208 g/mol. The molecule has 0 aliphatic rings. The second kappa shape index (κ2) is 6.95. The lowest BCUT2D eigenvalue weighted by molar-refractivity contribution is -0.109. The van der Waals surface area contributed by atoms with Crippen LogP contribution in [0.25, 0.3) is 0 Å². The number of aromatic hydroxyl groups is 1. The molecule has 5 nitrogen and oxygen atoms in total. The molecule has 0 aliphatic heterocycles. The fraction of sp³-hybridized carbons (Fsp3) is 0.364. The second-order valence-corrected chi connectivity index (χ2v) is 3.48. The molecule has 16 heavy (non-hydrogen) atoms. The summed E-state index contributed by atoms with van der Waals surface area (Å²) in [5.74, 6) is 0.212. The van der Waals surface area contributed by atoms with Gasteiger partial charge in [-0.1, -0.05) is 12.1 Å². The van der Waals surface area contributed by atoms with Gasteiger partial charge in [-0.3, -0.25) is 0 Å². The van der Waals surface area contributed by atoms with E-state index in [9.17, 15) is 4.79 Å². The molecule has 0 saturated heterocycles. The molecule has 0 aliphatic carbocycles. The van der Waals surface area contributed by atoms with E-state index in [1.54, 1.807) is 24.3 Å². The molecule has 1 atom stereocenters. The van der Waals surface area contributed by atoms with Gasteiger partial charge in [-0.25, -0.2) is 5.48 Å². The molecule has 1 aromatic rings. The molecular formula is C11H16N2O3. The topological polar surface area (TPSA) is 81.6 Å². The van der Waals surface area contributed by atoms with Gasteiger partial charge in [-0.05, 0) is 24.1 Å². The number of phenolic OH excluding ortho intramolecular Hbond substituents is 1. The maximum absolute atomic E-state index is 10.8. The van der Waals surface area contributed by atoms with E-state index in [4.69, 9.17) is 10.3 Å². The van der Waals surface area contributed by atoms with Gasteiger partial charge in [0.1, 0.15) is 12.0 Å². The van der Waals surface area contributed by atoms with Crippen molar-refractivity contribution >= 4 is 6.29 Å². The summed E-state index contributed by atoms with van der Waals surface area (Å²) in [6.07, 6.45) is 1.40. The van der Waals surface area contributed by atoms with Gasteiger partial charge in [-0.15, -0.1) is 0 Å². The number of hydrogen-bond acceptors (Lipinski definition) is 5. The largest absolute Gasteiger partial charge is 0.508 e. The number of rotatable bonds is 7. The van der Waals surface area contributed by atoms with Crippen molar-refractivity contribution in [3.05, 3.63) is 29.8 Å². The van der Waals surface area contributed by atoms with Crippen LogP contribution in [0, 0.1) is 0 Å². The first-order valence-corrected chi connectivity index (χ1v) is 5.10. The summed E-state index contributed by atoms with van der Waals surface area (Å²) in [6.45, 7) is 0.901. The highest BCUT2D eigenvalue weighted by Gasteiger charge is 2.06. The van der Waals surface area contributed by atoms with Gasteiger partial charge in [0.25, 0.3) is 0 Å². The lowest BCUT2D eigenvalue weighted by atomic mass is 10.1. The molecule has 0 bridgehead atoms. The van der Waals surface area contributed by atoms with E-state index in [1.165, 1.54) is 0 Å². The number of carbonyl (C=O) groups excluding carboxylic acids is 1. The van der Waals surface area contributed by atoms with Gasteiger partial charge in [0.15, 0.2) is 0 Å². The molecule has 0 saturated carbocycles. The summed E-state index contributed by atoms with van der Waals surface area (Å²) >= 11 is 0. The van der Waals surface area contributed by atoms with Crippen molar-refractivity contribution in [3.8, 4) is 5.75 Å². The molecule has 0 aromatic heterocycles. The summed E-state index contributed by atoms with van der Waals surface area (Å²) in [7, 11) is 0. The monoisotopic (exact) mass is 224 g/mol. The van der Waals surface area contributed by atoms with Crippen LogP contribution in [0.15, 0.2) is 24.3 Å². The third-order valence-electron chi connectivity index (χ3n) is 2.20. The zero-order valence-corrected chi connectivity index (χ0v) is 8.89. The third kappa shape index (κ3) is 4.39. The first kappa shape index (κ1) is 12.6. The highest BCUT2D eigenvalue weighted by atomic mass is 16.5. The van der Waals surface area contributed by atoms with E-state index in [-0.39, 0.29) is 11.8 Å². The number of hydrogen-bond donors (Lipinski definition) is 4. The predicted octanol–water partition coefficient (Wildman–Crippen LogP) is 0.0706. The van der Waals surface area contributed by atoms with Crippen LogP contribution >= 0.6 is 0 Å². The van der Waals surface area contributed by atoms with E-state index >= 15 is 0 Å². The number of aldehydes is 1. The van der Waals surface area contributed by atoms with Gasteiger partial charge in [0.2, 0.25) is 0 Å². The van der Waals surface area contributed by atoms with Crippen LogP contribution in [-0.2, 0) is 11.2 Å². The Morgan fingerprint density at radius 2 is 1.94 bits per heavy atom. The third-order valence-corrected chi connectivity index (χ3v) is 2.20. The number of hydroxylamine groups is 1. The molecule has 0 fully saturated rings. The molecule has 4 N–H and O–H groups in total. The van der Waals surface area contributed by atoms with Crippen molar-refractivity contribution in [3.63, 3.8) is 0 Å². The highest BCUT2D eigenvalue weighted by molar-refractivity contribution is 5.58. The minimum absolute atomic E-state index is 0.212. The smallest absolute Gasteiger partial charge is 0.137 e. The Bertz CT molecular complexity index is 314. The molecule has 0 spiro atoms. The maximum Gasteiger partial charge on any atom is 0.137 e. The Morgan fingerprint density at radius 1 is 1.25 bits per heavy atom. The Balaban J connectivity index is 2.43. The Kier molecular flexibility index (Phi) is 5.49. The van der Waals surface area contributed by atoms with Crippen LogP contribution < -0.4 is 10.8 Å². The van der Waals surface area contributed by atoms with Crippen LogP contribution in [0.2, 0.25) is 0 Å². The van der Waals surface area contributed by atoms with Crippen molar-refractivity contribution in [2.45, 2.75) is 12.5 Å². The Morgan fingerprint density at radius 3 is 2.50 bits per heavy atom. The summed E-state index contributed by atoms with van der Waals surface area (Å²) in [5, 5.41) is 20.4. The fourth-order valence-electron chi connectivity index (χ4n) is 1.37. The first-order chi connectivity index (χ1) is 7.76. The van der Waals surface area contributed by atoms with Gasteiger partial charge >= 0.3 is 0 Å². The number of benzene rings is 1. The van der Waals surface area contributed by atoms with E-state index in [0.29, 0.717) is 19.5 Å². The average molecular weight is 224 g/mol. The van der Waals surface area contributed by atoms with Crippen molar-refractivity contribution in [1.29, 1.82) is 0 Å². The van der Waals surface area contributed by atoms with Crippen molar-refractivity contribution in [2.24, 2.45) is 0 Å². The van der Waals surface area contributed by atoms with Gasteiger partial charge in [0, 0.05) is 13.1 Å². The van der Waals surface area contributed by atoms with Gasteiger partial charge < -0.3 is 20.4 Å². The summed E-state index contributed by atoms with van der Waals surface area (Å²) in [6, 6.07) is 6.45. The summed E-state index contributed by atoms with van der Waals surface area (Å²) < 4.78 is 0. The normalized spacial score (nSPS) is 12.3. The van der Waals surface area contributed by atoms with Crippen molar-refractivity contribution < 1.29 is 15.1 Å². The minimum atomic E-state index is -0.280. The van der Waals surface area contributed by atoms with Gasteiger partial charge in [-0.2, -0.15) is 0 Å². The van der Waals surface area contributed by atoms with Crippen LogP contribution in [0.5, 0.6) is 5.75 Å². The predicted molar refractivity (Wildman–Crippen MR) is 59.5 cm³/mol. The SMILES string of the molecule is O=CC(Cc1ccc(O)cc1)NCCNO. The zero-order chi connectivity index (χ0) is 11.8. The number of phenols is 1. The molecule has 1 unspecified atom stereocenters. The quantitative estimate of drug-likeness (QED) is 0.299. The van der Waals surface area contributed by atoms with E-state index < -0.39 is 0 Å². The number of nitrogens with one attached hydrogen (secondary N) is 2. The zero-order valence-electron chi connectivity index (χ0n) is 8.89. The highest BCUT2D eigenvalue weighted by Crippen LogP contribution is 2.10. The van der Waals surface area contributed by atoms with Crippen LogP contribution in [0.3, 0.4) is 0 Å². The number of carbonyl (C=O) groups is 1. The molecule has 0 radical (unpaired) electrons.